The van der Waals surface area contributed by atoms with Crippen molar-refractivity contribution in [3.63, 3.8) is 0 Å². The van der Waals surface area contributed by atoms with Crippen LogP contribution in [0.3, 0.4) is 0 Å². The smallest absolute Gasteiger partial charge is 1.00 e. The van der Waals surface area contributed by atoms with E-state index in [0.717, 1.165) is 0 Å². The maximum Gasteiger partial charge on any atom is 1.00 e. The molecule has 26 nitrogen and oxygen atoms in total. The fraction of sp³-hybridized carbons (Fsp3) is 0.214. The zero-order chi connectivity index (χ0) is 64.6. The second kappa shape index (κ2) is 50.0. The standard InChI is InChI=1S/C18H19N3O5.C10H10ClNO4.C10H10INO4.C8H10N2O.C8H9NO2.C2H2Cl2O2.2HI.Na/c1-13(22)19-15-6-8-16(9-7-15)26-18(24)25-12-21-10-4-5-14(11-21)17(23)20(2)3;2*1-7(13)12-8-2-4-9(5-3-8)16-10(14)15-6-11;1-10(2)8(11)7-4-3-5-9-6-7;1-6(10)9-7-2-4-8(11)5-3-7;3-1-6-2(4)5;;;/h4-11H,12H2,1-3H3;2*2-5H,6H2,1H3,(H,12,13);3-6H,1-2H3;2-5,11H,1H3,(H,9,10);1H2;2*1H;/q;;;;;;;;+1/p-1. The molecule has 5 N–H and O–H groups in total. The van der Waals surface area contributed by atoms with Gasteiger partial charge in [0, 0.05) is 109 Å². The number of aromatic nitrogens is 2. The van der Waals surface area contributed by atoms with E-state index in [1.807, 2.05) is 22.6 Å². The zero-order valence-corrected chi connectivity index (χ0v) is 59.9. The van der Waals surface area contributed by atoms with Gasteiger partial charge < -0.3 is 117 Å². The molecule has 0 unspecified atom stereocenters. The summed E-state index contributed by atoms with van der Waals surface area (Å²) in [6, 6.07) is 31.7. The number of hydrogen-bond acceptors (Lipinski definition) is 19. The topological polar surface area (TPSA) is 327 Å². The maximum absolute atomic E-state index is 11.9. The van der Waals surface area contributed by atoms with Crippen LogP contribution >= 0.6 is 57.4 Å². The minimum atomic E-state index is -0.880. The van der Waals surface area contributed by atoms with Gasteiger partial charge in [-0.2, -0.15) is 4.57 Å². The van der Waals surface area contributed by atoms with Gasteiger partial charge in [0.2, 0.25) is 23.6 Å². The summed E-state index contributed by atoms with van der Waals surface area (Å²) in [5.74, 6) is 0.353. The number of carbonyl (C=O) groups is 10. The number of nitrogens with one attached hydrogen (secondary N) is 4. The molecule has 6 aromatic rings. The number of phenols is 1. The number of rotatable bonds is 14. The maximum atomic E-state index is 11.9. The van der Waals surface area contributed by atoms with Crippen LogP contribution in [0.5, 0.6) is 23.0 Å². The Morgan fingerprint density at radius 2 is 0.865 bits per heavy atom. The van der Waals surface area contributed by atoms with Crippen molar-refractivity contribution in [2.24, 2.45) is 0 Å². The molecule has 6 rings (SSSR count). The monoisotopic (exact) mass is 1640 g/mol. The third kappa shape index (κ3) is 42.7. The second-order valence-electron chi connectivity index (χ2n) is 16.4. The Hall–Kier alpha value is -6.86. The van der Waals surface area contributed by atoms with Crippen LogP contribution in [0.15, 0.2) is 146 Å². The normalized spacial score (nSPS) is 9.08. The molecule has 4 aromatic carbocycles. The number of phenolic OH excluding ortho intramolecular Hbond substituents is 1. The van der Waals surface area contributed by atoms with Crippen LogP contribution in [-0.2, 0) is 44.9 Å². The van der Waals surface area contributed by atoms with Crippen LogP contribution in [0.1, 0.15) is 48.4 Å². The first-order valence-corrected chi connectivity index (χ1v) is 27.3. The summed E-state index contributed by atoms with van der Waals surface area (Å²) in [5.41, 5.74) is 2.77. The molecule has 0 aliphatic carbocycles. The fourth-order valence-corrected chi connectivity index (χ4v) is 6.10. The molecule has 0 bridgehead atoms. The van der Waals surface area contributed by atoms with E-state index in [-0.39, 0.29) is 148 Å². The Kier molecular flexibility index (Phi) is 48.5. The summed E-state index contributed by atoms with van der Waals surface area (Å²) in [4.78, 5) is 116. The Morgan fingerprint density at radius 3 is 1.18 bits per heavy atom. The first kappa shape index (κ1) is 86.3. The molecule has 476 valence electrons. The van der Waals surface area contributed by atoms with Gasteiger partial charge >= 0.3 is 53.5 Å². The van der Waals surface area contributed by atoms with Gasteiger partial charge in [-0.25, -0.2) is 19.2 Å². The molecule has 0 aliphatic heterocycles. The van der Waals surface area contributed by atoms with Crippen LogP contribution in [0, 0.1) is 0 Å². The molecule has 2 heterocycles. The van der Waals surface area contributed by atoms with Crippen molar-refractivity contribution < 1.29 is 168 Å². The predicted molar refractivity (Wildman–Crippen MR) is 326 cm³/mol. The van der Waals surface area contributed by atoms with E-state index in [0.29, 0.717) is 45.4 Å². The first-order chi connectivity index (χ1) is 40.7. The van der Waals surface area contributed by atoms with Gasteiger partial charge in [-0.1, -0.05) is 23.2 Å². The first-order valence-electron chi connectivity index (χ1n) is 24.3. The zero-order valence-electron chi connectivity index (χ0n) is 49.1. The predicted octanol–water partition coefficient (Wildman–Crippen LogP) is 1.42. The molecule has 0 spiro atoms. The molecule has 0 saturated carbocycles. The summed E-state index contributed by atoms with van der Waals surface area (Å²) < 4.78 is 34.4. The third-order valence-corrected chi connectivity index (χ3v) is 9.62. The molecule has 0 radical (unpaired) electrons. The average Bonchev–Trinajstić information content (AvgIpc) is 3.63. The van der Waals surface area contributed by atoms with E-state index in [4.69, 9.17) is 47.3 Å². The number of benzene rings is 4. The minimum absolute atomic E-state index is 0. The van der Waals surface area contributed by atoms with Crippen LogP contribution < -0.4 is 118 Å². The largest absolute Gasteiger partial charge is 1.00 e. The Labute approximate surface area is 597 Å². The SMILES string of the molecule is CC(=O)Nc1ccc(O)cc1.CC(=O)Nc1ccc(OC(=O)OCCl)cc1.CC(=O)Nc1ccc(OC(=O)OCI)cc1.CC(=O)Nc1ccc(OC(=O)OC[n+]2cccc(C(=O)N(C)C)c2)cc1.CN(C)C(=O)c1cccnc1.O=C(Cl)OCCl.[I-].[I-].[Na+]. The number of pyridine rings is 2. The summed E-state index contributed by atoms with van der Waals surface area (Å²) in [7, 11) is 6.75. The Bertz CT molecular complexity index is 3060. The Morgan fingerprint density at radius 1 is 0.517 bits per heavy atom. The van der Waals surface area contributed by atoms with Crippen LogP contribution in [0.4, 0.5) is 41.9 Å². The van der Waals surface area contributed by atoms with Crippen molar-refractivity contribution in [1.29, 1.82) is 0 Å². The number of ether oxygens (including phenoxy) is 7. The number of hydrogen-bond donors (Lipinski definition) is 5. The molecule has 0 saturated heterocycles. The number of carbonyl (C=O) groups excluding carboxylic acids is 10. The van der Waals surface area contributed by atoms with Crippen molar-refractivity contribution in [1.82, 2.24) is 14.8 Å². The molecule has 0 aliphatic rings. The van der Waals surface area contributed by atoms with Crippen LogP contribution in [0.2, 0.25) is 0 Å². The van der Waals surface area contributed by atoms with Crippen molar-refractivity contribution in [2.45, 2.75) is 34.4 Å². The van der Waals surface area contributed by atoms with Gasteiger partial charge in [0.15, 0.2) is 24.5 Å². The minimum Gasteiger partial charge on any atom is -1.00 e. The van der Waals surface area contributed by atoms with Gasteiger partial charge in [-0.05, 0) is 138 Å². The van der Waals surface area contributed by atoms with Crippen LogP contribution in [-0.4, -0.2) is 124 Å². The number of amides is 6. The van der Waals surface area contributed by atoms with Gasteiger partial charge in [-0.15, -0.1) is 0 Å². The molecule has 6 amide bonds. The van der Waals surface area contributed by atoms with E-state index in [1.165, 1.54) is 73.9 Å². The van der Waals surface area contributed by atoms with Gasteiger partial charge in [0.05, 0.1) is 5.56 Å². The van der Waals surface area contributed by atoms with E-state index in [1.54, 1.807) is 142 Å². The molecular weight excluding hydrogens is 1580 g/mol. The number of halogens is 6. The van der Waals surface area contributed by atoms with Crippen molar-refractivity contribution in [3.8, 4) is 23.0 Å². The van der Waals surface area contributed by atoms with Gasteiger partial charge in [0.1, 0.15) is 33.2 Å². The summed E-state index contributed by atoms with van der Waals surface area (Å²) >= 11 is 16.6. The Balaban J connectivity index is -0.00000104. The third-order valence-electron chi connectivity index (χ3n) is 8.99. The number of aromatic hydroxyl groups is 1. The van der Waals surface area contributed by atoms with Crippen molar-refractivity contribution in [2.75, 3.05) is 66.2 Å². The second-order valence-corrected chi connectivity index (χ2v) is 17.8. The van der Waals surface area contributed by atoms with Crippen LogP contribution in [0.25, 0.3) is 0 Å². The van der Waals surface area contributed by atoms with E-state index < -0.39 is 23.9 Å². The summed E-state index contributed by atoms with van der Waals surface area (Å²) in [6.45, 7) is 5.56. The number of anilines is 4. The number of nitrogens with zero attached hydrogens (tertiary/aromatic N) is 4. The molecule has 2 aromatic heterocycles. The number of alkyl halides is 3. The summed E-state index contributed by atoms with van der Waals surface area (Å²) in [6.07, 6.45) is 3.95. The van der Waals surface area contributed by atoms with Gasteiger partial charge in [0.25, 0.3) is 18.5 Å². The van der Waals surface area contributed by atoms with E-state index in [9.17, 15) is 47.9 Å². The molecular formula is C56H61Cl3I3N8NaO18. The van der Waals surface area contributed by atoms with E-state index in [2.05, 4.69) is 52.1 Å². The van der Waals surface area contributed by atoms with Gasteiger partial charge in [-0.3, -0.25) is 33.8 Å². The van der Waals surface area contributed by atoms with E-state index >= 15 is 0 Å². The fourth-order valence-electron chi connectivity index (χ4n) is 5.55. The molecule has 0 atom stereocenters. The molecule has 0 fully saturated rings. The van der Waals surface area contributed by atoms with Crippen molar-refractivity contribution in [3.05, 3.63) is 157 Å². The molecule has 89 heavy (non-hydrogen) atoms. The average molecular weight is 1640 g/mol. The summed E-state index contributed by atoms with van der Waals surface area (Å²) in [5, 5.41) is 19.2. The van der Waals surface area contributed by atoms with Crippen molar-refractivity contribution >= 4 is 139 Å². The molecule has 33 heteroatoms. The quantitative estimate of drug-likeness (QED) is 0.0119.